The average Bonchev–Trinajstić information content (AvgIpc) is 3.22. The monoisotopic (exact) mass is 387 g/mol. The maximum absolute atomic E-state index is 11.3. The number of hydrogen-bond donors (Lipinski definition) is 1. The van der Waals surface area contributed by atoms with E-state index >= 15 is 0 Å². The van der Waals surface area contributed by atoms with Gasteiger partial charge in [-0.05, 0) is 31.0 Å². The van der Waals surface area contributed by atoms with Crippen molar-refractivity contribution in [2.75, 3.05) is 18.5 Å². The van der Waals surface area contributed by atoms with Crippen LogP contribution in [-0.2, 0) is 6.42 Å². The first-order valence-corrected chi connectivity index (χ1v) is 9.45. The molecule has 0 saturated heterocycles. The van der Waals surface area contributed by atoms with E-state index in [2.05, 4.69) is 26.1 Å². The topological polar surface area (TPSA) is 88.0 Å². The van der Waals surface area contributed by atoms with Crippen molar-refractivity contribution in [1.82, 2.24) is 15.2 Å². The Bertz CT molecular complexity index is 1140. The molecule has 0 aliphatic heterocycles. The number of non-ortho nitro benzene ring substituents is 1. The van der Waals surface area contributed by atoms with Crippen molar-refractivity contribution in [1.29, 1.82) is 0 Å². The van der Waals surface area contributed by atoms with E-state index in [0.717, 1.165) is 47.4 Å². The maximum atomic E-state index is 11.3. The highest BCUT2D eigenvalue weighted by molar-refractivity contribution is 5.99. The number of aromatic nitrogens is 3. The normalized spacial score (nSPS) is 10.9. The first kappa shape index (κ1) is 18.6. The molecule has 0 bridgehead atoms. The summed E-state index contributed by atoms with van der Waals surface area (Å²) in [5, 5.41) is 20.2. The quantitative estimate of drug-likeness (QED) is 0.370. The number of nitro groups is 1. The number of rotatable bonds is 7. The number of nitro benzene ring substituents is 1. The Hall–Kier alpha value is -3.74. The highest BCUT2D eigenvalue weighted by atomic mass is 16.6. The van der Waals surface area contributed by atoms with Crippen LogP contribution in [0, 0.1) is 10.1 Å². The number of H-pyrrole nitrogens is 1. The molecule has 2 aromatic carbocycles. The Balaban J connectivity index is 1.44. The van der Waals surface area contributed by atoms with Crippen LogP contribution in [0.25, 0.3) is 22.0 Å². The number of hydrogen-bond acceptors (Lipinski definition) is 5. The highest BCUT2D eigenvalue weighted by Crippen LogP contribution is 2.32. The molecule has 0 atom stereocenters. The van der Waals surface area contributed by atoms with E-state index < -0.39 is 0 Å². The van der Waals surface area contributed by atoms with Gasteiger partial charge in [0, 0.05) is 54.4 Å². The number of anilines is 1. The largest absolute Gasteiger partial charge is 0.374 e. The van der Waals surface area contributed by atoms with E-state index in [1.54, 1.807) is 18.5 Å². The van der Waals surface area contributed by atoms with Gasteiger partial charge in [-0.3, -0.25) is 20.2 Å². The fourth-order valence-corrected chi connectivity index (χ4v) is 3.53. The van der Waals surface area contributed by atoms with Crippen molar-refractivity contribution in [2.45, 2.75) is 12.8 Å². The Kier molecular flexibility index (Phi) is 5.20. The second kappa shape index (κ2) is 8.10. The molecule has 0 aliphatic carbocycles. The third-order valence-electron chi connectivity index (χ3n) is 5.02. The van der Waals surface area contributed by atoms with Gasteiger partial charge >= 0.3 is 0 Å². The van der Waals surface area contributed by atoms with Gasteiger partial charge in [0.15, 0.2) is 0 Å². The summed E-state index contributed by atoms with van der Waals surface area (Å²) in [7, 11) is 2.00. The van der Waals surface area contributed by atoms with Crippen molar-refractivity contribution in [3.05, 3.63) is 82.8 Å². The van der Waals surface area contributed by atoms with E-state index in [0.29, 0.717) is 5.39 Å². The molecule has 1 N–H and O–H groups in total. The summed E-state index contributed by atoms with van der Waals surface area (Å²) in [5.41, 5.74) is 4.18. The molecule has 7 heteroatoms. The Morgan fingerprint density at radius 2 is 1.93 bits per heavy atom. The first-order valence-electron chi connectivity index (χ1n) is 9.45. The number of benzene rings is 2. The predicted octanol–water partition coefficient (Wildman–Crippen LogP) is 4.60. The van der Waals surface area contributed by atoms with Crippen molar-refractivity contribution in [3.63, 3.8) is 0 Å². The molecule has 0 spiro atoms. The molecule has 7 nitrogen and oxygen atoms in total. The highest BCUT2D eigenvalue weighted by Gasteiger charge is 2.16. The summed E-state index contributed by atoms with van der Waals surface area (Å²) < 4.78 is 0. The van der Waals surface area contributed by atoms with Gasteiger partial charge in [-0.1, -0.05) is 30.3 Å². The van der Waals surface area contributed by atoms with Gasteiger partial charge in [0.2, 0.25) is 0 Å². The SMILES string of the molecule is CN(CCCc1cc(-c2ccccc2)n[nH]1)c1ccc([N+](=O)[O-])c2cnccc12. The van der Waals surface area contributed by atoms with Gasteiger partial charge in [0.05, 0.1) is 16.0 Å². The van der Waals surface area contributed by atoms with Crippen LogP contribution >= 0.6 is 0 Å². The van der Waals surface area contributed by atoms with Gasteiger partial charge in [-0.2, -0.15) is 5.10 Å². The summed E-state index contributed by atoms with van der Waals surface area (Å²) in [5.74, 6) is 0. The van der Waals surface area contributed by atoms with Crippen LogP contribution in [0.4, 0.5) is 11.4 Å². The van der Waals surface area contributed by atoms with Crippen molar-refractivity contribution < 1.29 is 4.92 Å². The minimum atomic E-state index is -0.365. The third kappa shape index (κ3) is 3.94. The van der Waals surface area contributed by atoms with E-state index in [9.17, 15) is 10.1 Å². The number of nitrogens with one attached hydrogen (secondary N) is 1. The third-order valence-corrected chi connectivity index (χ3v) is 5.02. The molecule has 2 heterocycles. The van der Waals surface area contributed by atoms with Crippen LogP contribution in [0.3, 0.4) is 0 Å². The van der Waals surface area contributed by atoms with Gasteiger partial charge < -0.3 is 4.90 Å². The zero-order valence-electron chi connectivity index (χ0n) is 16.1. The Morgan fingerprint density at radius 1 is 1.10 bits per heavy atom. The number of nitrogens with zero attached hydrogens (tertiary/aromatic N) is 4. The first-order chi connectivity index (χ1) is 14.1. The molecular weight excluding hydrogens is 366 g/mol. The molecule has 0 saturated carbocycles. The van der Waals surface area contributed by atoms with Crippen molar-refractivity contribution in [3.8, 4) is 11.3 Å². The summed E-state index contributed by atoms with van der Waals surface area (Å²) >= 11 is 0. The zero-order chi connectivity index (χ0) is 20.2. The summed E-state index contributed by atoms with van der Waals surface area (Å²) in [6.07, 6.45) is 5.02. The summed E-state index contributed by atoms with van der Waals surface area (Å²) in [6, 6.07) is 17.4. The van der Waals surface area contributed by atoms with Gasteiger partial charge in [0.25, 0.3) is 5.69 Å². The van der Waals surface area contributed by atoms with Crippen LogP contribution in [0.5, 0.6) is 0 Å². The van der Waals surface area contributed by atoms with E-state index in [-0.39, 0.29) is 10.6 Å². The van der Waals surface area contributed by atoms with Crippen molar-refractivity contribution >= 4 is 22.1 Å². The van der Waals surface area contributed by atoms with Crippen LogP contribution in [0.1, 0.15) is 12.1 Å². The fraction of sp³-hybridized carbons (Fsp3) is 0.182. The maximum Gasteiger partial charge on any atom is 0.278 e. The standard InChI is InChI=1S/C22H21N5O2/c1-26(21-9-10-22(27(28)29)19-15-23-12-11-18(19)21)13-5-8-17-14-20(25-24-17)16-6-3-2-4-7-16/h2-4,6-7,9-12,14-15H,5,8,13H2,1H3,(H,24,25). The van der Waals surface area contributed by atoms with Crippen LogP contribution < -0.4 is 4.90 Å². The van der Waals surface area contributed by atoms with E-state index in [1.165, 1.54) is 0 Å². The van der Waals surface area contributed by atoms with Crippen LogP contribution in [-0.4, -0.2) is 33.7 Å². The molecule has 0 radical (unpaired) electrons. The number of aromatic amines is 1. The lowest BCUT2D eigenvalue weighted by Gasteiger charge is -2.21. The number of aryl methyl sites for hydroxylation is 1. The average molecular weight is 387 g/mol. The number of pyridine rings is 1. The smallest absolute Gasteiger partial charge is 0.278 e. The van der Waals surface area contributed by atoms with Crippen molar-refractivity contribution in [2.24, 2.45) is 0 Å². The lowest BCUT2D eigenvalue weighted by molar-refractivity contribution is -0.383. The molecule has 4 aromatic rings. The molecular formula is C22H21N5O2. The molecule has 2 aromatic heterocycles. The molecule has 146 valence electrons. The fourth-order valence-electron chi connectivity index (χ4n) is 3.53. The lowest BCUT2D eigenvalue weighted by atomic mass is 10.1. The molecule has 0 fully saturated rings. The van der Waals surface area contributed by atoms with Gasteiger partial charge in [0.1, 0.15) is 0 Å². The molecule has 29 heavy (non-hydrogen) atoms. The molecule has 0 unspecified atom stereocenters. The predicted molar refractivity (Wildman–Crippen MR) is 114 cm³/mol. The zero-order valence-corrected chi connectivity index (χ0v) is 16.1. The van der Waals surface area contributed by atoms with Crippen LogP contribution in [0.15, 0.2) is 67.0 Å². The summed E-state index contributed by atoms with van der Waals surface area (Å²) in [4.78, 5) is 17.1. The molecule has 0 amide bonds. The minimum Gasteiger partial charge on any atom is -0.374 e. The van der Waals surface area contributed by atoms with Crippen LogP contribution in [0.2, 0.25) is 0 Å². The summed E-state index contributed by atoms with van der Waals surface area (Å²) in [6.45, 7) is 0.814. The second-order valence-electron chi connectivity index (χ2n) is 6.95. The van der Waals surface area contributed by atoms with E-state index in [1.807, 2.05) is 49.5 Å². The Labute approximate surface area is 168 Å². The van der Waals surface area contributed by atoms with Gasteiger partial charge in [-0.25, -0.2) is 0 Å². The number of fused-ring (bicyclic) bond motifs is 1. The van der Waals surface area contributed by atoms with E-state index in [4.69, 9.17) is 0 Å². The second-order valence-corrected chi connectivity index (χ2v) is 6.95. The lowest BCUT2D eigenvalue weighted by Crippen LogP contribution is -2.19. The molecule has 4 rings (SSSR count). The molecule has 0 aliphatic rings. The van der Waals surface area contributed by atoms with Gasteiger partial charge in [-0.15, -0.1) is 0 Å². The minimum absolute atomic E-state index is 0.0798. The Morgan fingerprint density at radius 3 is 2.72 bits per heavy atom.